The van der Waals surface area contributed by atoms with Crippen molar-refractivity contribution in [2.75, 3.05) is 54.1 Å². The molecule has 1 N–H and O–H groups in total. The first-order valence-corrected chi connectivity index (χ1v) is 31.4. The molecular formula is C61H117NO7P+. The summed E-state index contributed by atoms with van der Waals surface area (Å²) in [5.74, 6) is -0.308. The molecule has 0 aliphatic carbocycles. The monoisotopic (exact) mass is 1010 g/mol. The fourth-order valence-electron chi connectivity index (χ4n) is 8.61. The Morgan fingerprint density at radius 3 is 1.24 bits per heavy atom. The topological polar surface area (TPSA) is 91.3 Å². The molecule has 0 aromatic carbocycles. The Balaban J connectivity index is 4.02. The van der Waals surface area contributed by atoms with E-state index in [1.54, 1.807) is 0 Å². The van der Waals surface area contributed by atoms with Crippen LogP contribution in [0, 0.1) is 0 Å². The first-order valence-electron chi connectivity index (χ1n) is 29.9. The molecule has 8 nitrogen and oxygen atoms in total. The van der Waals surface area contributed by atoms with Crippen molar-refractivity contribution in [2.24, 2.45) is 0 Å². The number of unbranched alkanes of at least 4 members (excludes halogenated alkanes) is 34. The van der Waals surface area contributed by atoms with Gasteiger partial charge in [0.2, 0.25) is 0 Å². The number of phosphoric ester groups is 1. The van der Waals surface area contributed by atoms with Crippen LogP contribution in [0.3, 0.4) is 0 Å². The molecule has 0 spiro atoms. The van der Waals surface area contributed by atoms with Crippen LogP contribution in [0.1, 0.15) is 277 Å². The Hall–Kier alpha value is -1.54. The maximum absolute atomic E-state index is 12.8. The van der Waals surface area contributed by atoms with Gasteiger partial charge >= 0.3 is 13.8 Å². The highest BCUT2D eigenvalue weighted by Crippen LogP contribution is 2.43. The molecule has 0 aliphatic heterocycles. The normalized spacial score (nSPS) is 13.7. The van der Waals surface area contributed by atoms with Gasteiger partial charge in [0.15, 0.2) is 0 Å². The summed E-state index contributed by atoms with van der Waals surface area (Å²) in [6.45, 7) is 5.57. The third-order valence-corrected chi connectivity index (χ3v) is 14.1. The molecule has 0 radical (unpaired) electrons. The number of allylic oxidation sites excluding steroid dienone is 8. The van der Waals surface area contributed by atoms with Gasteiger partial charge in [0, 0.05) is 13.0 Å². The number of rotatable bonds is 56. The molecule has 0 amide bonds. The van der Waals surface area contributed by atoms with Gasteiger partial charge in [-0.1, -0.05) is 268 Å². The molecule has 0 heterocycles. The van der Waals surface area contributed by atoms with Gasteiger partial charge in [0.05, 0.1) is 34.4 Å². The molecule has 0 aromatic heterocycles. The maximum Gasteiger partial charge on any atom is 0.472 e. The zero-order valence-electron chi connectivity index (χ0n) is 47.0. The van der Waals surface area contributed by atoms with Gasteiger partial charge in [-0.2, -0.15) is 0 Å². The van der Waals surface area contributed by atoms with Crippen LogP contribution in [0.15, 0.2) is 48.6 Å². The molecule has 0 aromatic rings. The molecule has 70 heavy (non-hydrogen) atoms. The summed E-state index contributed by atoms with van der Waals surface area (Å²) in [5, 5.41) is 0. The van der Waals surface area contributed by atoms with Gasteiger partial charge in [0.25, 0.3) is 0 Å². The molecule has 0 rings (SSSR count). The van der Waals surface area contributed by atoms with Crippen LogP contribution >= 0.6 is 7.82 Å². The lowest BCUT2D eigenvalue weighted by atomic mass is 10.0. The fourth-order valence-corrected chi connectivity index (χ4v) is 9.35. The summed E-state index contributed by atoms with van der Waals surface area (Å²) >= 11 is 0. The molecular weight excluding hydrogens is 890 g/mol. The molecule has 0 saturated heterocycles. The van der Waals surface area contributed by atoms with Gasteiger partial charge in [-0.25, -0.2) is 4.57 Å². The lowest BCUT2D eigenvalue weighted by Gasteiger charge is -2.24. The third-order valence-electron chi connectivity index (χ3n) is 13.2. The summed E-state index contributed by atoms with van der Waals surface area (Å²) in [4.78, 5) is 23.1. The van der Waals surface area contributed by atoms with E-state index in [1.165, 1.54) is 199 Å². The molecule has 0 bridgehead atoms. The van der Waals surface area contributed by atoms with Gasteiger partial charge in [0.1, 0.15) is 19.3 Å². The minimum absolute atomic E-state index is 0.0896. The van der Waals surface area contributed by atoms with E-state index in [0.717, 1.165) is 57.8 Å². The van der Waals surface area contributed by atoms with Crippen molar-refractivity contribution in [3.8, 4) is 0 Å². The molecule has 2 unspecified atom stereocenters. The fraction of sp³-hybridized carbons (Fsp3) is 0.852. The number of likely N-dealkylation sites (N-methyl/N-ethyl adjacent to an activating group) is 1. The van der Waals surface area contributed by atoms with Crippen LogP contribution in [0.5, 0.6) is 0 Å². The van der Waals surface area contributed by atoms with Crippen molar-refractivity contribution in [3.63, 3.8) is 0 Å². The highest BCUT2D eigenvalue weighted by molar-refractivity contribution is 7.47. The largest absolute Gasteiger partial charge is 0.472 e. The van der Waals surface area contributed by atoms with Crippen LogP contribution in [-0.4, -0.2) is 75.6 Å². The smallest absolute Gasteiger partial charge is 0.457 e. The van der Waals surface area contributed by atoms with E-state index in [4.69, 9.17) is 18.5 Å². The second-order valence-corrected chi connectivity index (χ2v) is 22.8. The lowest BCUT2D eigenvalue weighted by molar-refractivity contribution is -0.870. The number of phosphoric acid groups is 1. The summed E-state index contributed by atoms with van der Waals surface area (Å²) < 4.78 is 35.3. The second kappa shape index (κ2) is 53.7. The Kier molecular flexibility index (Phi) is 52.6. The predicted molar refractivity (Wildman–Crippen MR) is 303 cm³/mol. The molecule has 0 aliphatic rings. The molecule has 0 fully saturated rings. The average molecular weight is 1010 g/mol. The number of hydrogen-bond donors (Lipinski definition) is 1. The van der Waals surface area contributed by atoms with Crippen LogP contribution < -0.4 is 0 Å². The highest BCUT2D eigenvalue weighted by atomic mass is 31.2. The van der Waals surface area contributed by atoms with Crippen LogP contribution in [-0.2, 0) is 27.9 Å². The highest BCUT2D eigenvalue weighted by Gasteiger charge is 2.26. The van der Waals surface area contributed by atoms with Crippen LogP contribution in [0.4, 0.5) is 0 Å². The van der Waals surface area contributed by atoms with Crippen LogP contribution in [0.25, 0.3) is 0 Å². The van der Waals surface area contributed by atoms with E-state index in [-0.39, 0.29) is 25.8 Å². The van der Waals surface area contributed by atoms with Gasteiger partial charge in [-0.05, 0) is 51.4 Å². The second-order valence-electron chi connectivity index (χ2n) is 21.4. The first-order chi connectivity index (χ1) is 34.1. The van der Waals surface area contributed by atoms with E-state index in [0.29, 0.717) is 24.1 Å². The van der Waals surface area contributed by atoms with E-state index in [1.807, 2.05) is 21.1 Å². The van der Waals surface area contributed by atoms with Crippen molar-refractivity contribution >= 4 is 13.8 Å². The Morgan fingerprint density at radius 1 is 0.457 bits per heavy atom. The number of nitrogens with zero attached hydrogens (tertiary/aromatic N) is 1. The summed E-state index contributed by atoms with van der Waals surface area (Å²) in [6.07, 6.45) is 69.0. The Labute approximate surface area is 435 Å². The molecule has 412 valence electrons. The quantitative estimate of drug-likeness (QED) is 0.0213. The van der Waals surface area contributed by atoms with E-state index in [9.17, 15) is 14.3 Å². The van der Waals surface area contributed by atoms with E-state index in [2.05, 4.69) is 62.5 Å². The molecule has 2 atom stereocenters. The van der Waals surface area contributed by atoms with Crippen LogP contribution in [0.2, 0.25) is 0 Å². The van der Waals surface area contributed by atoms with Gasteiger partial charge < -0.3 is 18.9 Å². The number of ether oxygens (including phenoxy) is 2. The minimum Gasteiger partial charge on any atom is -0.457 e. The summed E-state index contributed by atoms with van der Waals surface area (Å²) in [7, 11) is 1.68. The van der Waals surface area contributed by atoms with Gasteiger partial charge in [-0.15, -0.1) is 0 Å². The number of hydrogen-bond acceptors (Lipinski definition) is 6. The number of quaternary nitrogens is 1. The zero-order chi connectivity index (χ0) is 51.2. The first kappa shape index (κ1) is 68.5. The number of carbonyl (C=O) groups is 1. The summed E-state index contributed by atoms with van der Waals surface area (Å²) in [6, 6.07) is 0. The van der Waals surface area contributed by atoms with Crippen molar-refractivity contribution in [2.45, 2.75) is 283 Å². The summed E-state index contributed by atoms with van der Waals surface area (Å²) in [5.41, 5.74) is 0. The standard InChI is InChI=1S/C61H116NO7P/c1-6-8-10-12-14-16-18-20-22-24-26-28-30-31-32-33-35-37-39-41-43-45-47-49-51-53-56-66-58-60(59-68-70(64,65)67-57-55-62(3,4)5)69-61(63)54-52-50-48-46-44-42-40-38-36-34-29-27-25-23-21-19-17-15-13-11-9-7-2/h8,10,14,16,20,22,26,28,60H,6-7,9,11-13,15,17-19,21,23-25,27,29-59H2,1-5H3/p+1/b10-8-,16-14-,22-20-,28-26-. The zero-order valence-corrected chi connectivity index (χ0v) is 47.9. The van der Waals surface area contributed by atoms with E-state index >= 15 is 0 Å². The Morgan fingerprint density at radius 2 is 0.829 bits per heavy atom. The lowest BCUT2D eigenvalue weighted by Crippen LogP contribution is -2.37. The maximum atomic E-state index is 12.8. The SMILES string of the molecule is CC/C=C\C/C=C\C/C=C\C/C=C\CCCCCCCCCCCCCCCOCC(COP(=O)(O)OCC[N+](C)(C)C)OC(=O)CCCCCCCCCCCCCCCCCCCCCCCC. The van der Waals surface area contributed by atoms with Crippen molar-refractivity contribution in [1.29, 1.82) is 0 Å². The number of esters is 1. The predicted octanol–water partition coefficient (Wildman–Crippen LogP) is 19.0. The molecule has 0 saturated carbocycles. The number of carbonyl (C=O) groups excluding carboxylic acids is 1. The molecule has 9 heteroatoms. The van der Waals surface area contributed by atoms with Crippen molar-refractivity contribution < 1.29 is 37.3 Å². The minimum atomic E-state index is -4.28. The van der Waals surface area contributed by atoms with E-state index < -0.39 is 13.9 Å². The third kappa shape index (κ3) is 57.4. The van der Waals surface area contributed by atoms with Crippen molar-refractivity contribution in [1.82, 2.24) is 0 Å². The Bertz CT molecular complexity index is 1260. The van der Waals surface area contributed by atoms with Crippen molar-refractivity contribution in [3.05, 3.63) is 48.6 Å². The average Bonchev–Trinajstić information content (AvgIpc) is 3.32. The van der Waals surface area contributed by atoms with Gasteiger partial charge in [-0.3, -0.25) is 13.8 Å².